The van der Waals surface area contributed by atoms with Gasteiger partial charge in [0.25, 0.3) is 11.5 Å². The zero-order valence-electron chi connectivity index (χ0n) is 26.5. The Kier molecular flexibility index (Phi) is 11.7. The van der Waals surface area contributed by atoms with E-state index in [1.807, 2.05) is 30.0 Å². The normalized spacial score (nSPS) is 16.5. The Bertz CT molecular complexity index is 1600. The Morgan fingerprint density at radius 1 is 0.889 bits per heavy atom. The lowest BCUT2D eigenvalue weighted by Crippen LogP contribution is -2.47. The van der Waals surface area contributed by atoms with Crippen LogP contribution in [-0.2, 0) is 4.79 Å². The van der Waals surface area contributed by atoms with Gasteiger partial charge in [-0.15, -0.1) is 0 Å². The lowest BCUT2D eigenvalue weighted by Gasteiger charge is -2.37. The van der Waals surface area contributed by atoms with Crippen LogP contribution in [0.15, 0.2) is 52.3 Å². The minimum absolute atomic E-state index is 0.148. The van der Waals surface area contributed by atoms with Gasteiger partial charge in [0.05, 0.1) is 16.2 Å². The summed E-state index contributed by atoms with van der Waals surface area (Å²) in [5.74, 6) is 0.150. The van der Waals surface area contributed by atoms with Crippen molar-refractivity contribution in [3.8, 4) is 0 Å². The number of fused-ring (bicyclic) bond motifs is 1. The van der Waals surface area contributed by atoms with Gasteiger partial charge in [0.2, 0.25) is 0 Å². The molecule has 2 aliphatic rings. The minimum Gasteiger partial charge on any atom is -0.366 e. The van der Waals surface area contributed by atoms with Gasteiger partial charge in [-0.1, -0.05) is 107 Å². The number of amides is 1. The second kappa shape index (κ2) is 15.9. The Hall–Kier alpha value is -3.24. The first-order valence-corrected chi connectivity index (χ1v) is 17.6. The fourth-order valence-corrected chi connectivity index (χ4v) is 7.41. The highest BCUT2D eigenvalue weighted by atomic mass is 32.2. The average molecular weight is 650 g/mol. The lowest BCUT2D eigenvalue weighted by atomic mass is 10.1. The zero-order chi connectivity index (χ0) is 31.8. The van der Waals surface area contributed by atoms with Gasteiger partial charge in [-0.2, -0.15) is 0 Å². The molecule has 2 saturated heterocycles. The van der Waals surface area contributed by atoms with Crippen molar-refractivity contribution in [3.05, 3.63) is 74.8 Å². The molecule has 0 unspecified atom stereocenters. The number of aromatic nitrogens is 2. The summed E-state index contributed by atoms with van der Waals surface area (Å²) in [6.45, 7) is 7.05. The van der Waals surface area contributed by atoms with Crippen molar-refractivity contribution in [2.75, 3.05) is 42.5 Å². The van der Waals surface area contributed by atoms with Gasteiger partial charge in [0.1, 0.15) is 21.6 Å². The number of halogens is 1. The Balaban J connectivity index is 1.29. The Labute approximate surface area is 275 Å². The molecule has 10 heteroatoms. The molecule has 45 heavy (non-hydrogen) atoms. The Morgan fingerprint density at radius 2 is 1.53 bits per heavy atom. The summed E-state index contributed by atoms with van der Waals surface area (Å²) in [5, 5.41) is 0. The first-order valence-electron chi connectivity index (χ1n) is 16.4. The van der Waals surface area contributed by atoms with Crippen LogP contribution < -0.4 is 15.4 Å². The molecule has 1 amide bonds. The van der Waals surface area contributed by atoms with Gasteiger partial charge in [0.15, 0.2) is 0 Å². The van der Waals surface area contributed by atoms with E-state index in [-0.39, 0.29) is 17.3 Å². The zero-order valence-corrected chi connectivity index (χ0v) is 28.1. The van der Waals surface area contributed by atoms with Crippen molar-refractivity contribution in [1.29, 1.82) is 0 Å². The second-order valence-corrected chi connectivity index (χ2v) is 13.7. The molecule has 7 nitrogen and oxygen atoms in total. The summed E-state index contributed by atoms with van der Waals surface area (Å²) in [5.41, 5.74) is 2.19. The molecule has 0 atom stereocenters. The highest BCUT2D eigenvalue weighted by Crippen LogP contribution is 2.34. The topological polar surface area (TPSA) is 61.2 Å². The molecule has 0 aliphatic carbocycles. The van der Waals surface area contributed by atoms with Crippen LogP contribution >= 0.6 is 24.0 Å². The first-order chi connectivity index (χ1) is 21.9. The number of aryl methyl sites for hydroxylation is 1. The standard InChI is InChI=1S/C35H44FN5O2S2/c1-3-4-5-6-7-8-9-10-11-14-19-41-34(43)30(45-35(41)44)25-27-32(37-31-26(2)16-15-20-40(31)33(27)42)39-23-21-38(22-24-39)29-18-13-12-17-28(29)36/h12-13,15-18,20,25H,3-11,14,19,21-24H2,1-2H3/b30-25+. The molecule has 0 N–H and O–H groups in total. The second-order valence-electron chi connectivity index (χ2n) is 12.0. The van der Waals surface area contributed by atoms with Crippen molar-refractivity contribution < 1.29 is 9.18 Å². The number of para-hydroxylation sites is 1. The number of thiocarbonyl (C=S) groups is 1. The lowest BCUT2D eigenvalue weighted by molar-refractivity contribution is -0.122. The largest absolute Gasteiger partial charge is 0.366 e. The molecule has 0 spiro atoms. The molecular formula is C35H44FN5O2S2. The summed E-state index contributed by atoms with van der Waals surface area (Å²) in [4.78, 5) is 38.6. The van der Waals surface area contributed by atoms with E-state index < -0.39 is 0 Å². The maximum atomic E-state index is 14.5. The van der Waals surface area contributed by atoms with Crippen molar-refractivity contribution >= 4 is 57.4 Å². The van der Waals surface area contributed by atoms with Crippen LogP contribution in [0.25, 0.3) is 11.7 Å². The number of pyridine rings is 1. The van der Waals surface area contributed by atoms with Crippen LogP contribution in [0.3, 0.4) is 0 Å². The molecule has 240 valence electrons. The molecule has 4 heterocycles. The predicted molar refractivity (Wildman–Crippen MR) is 189 cm³/mol. The van der Waals surface area contributed by atoms with Crippen molar-refractivity contribution in [3.63, 3.8) is 0 Å². The third kappa shape index (κ3) is 7.95. The van der Waals surface area contributed by atoms with E-state index in [0.29, 0.717) is 64.7 Å². The van der Waals surface area contributed by atoms with Gasteiger partial charge in [0, 0.05) is 38.9 Å². The van der Waals surface area contributed by atoms with E-state index in [9.17, 15) is 14.0 Å². The summed E-state index contributed by atoms with van der Waals surface area (Å²) in [6, 6.07) is 10.5. The van der Waals surface area contributed by atoms with Crippen molar-refractivity contribution in [2.24, 2.45) is 0 Å². The van der Waals surface area contributed by atoms with E-state index in [1.165, 1.54) is 69.2 Å². The number of carbonyl (C=O) groups is 1. The van der Waals surface area contributed by atoms with E-state index >= 15 is 0 Å². The summed E-state index contributed by atoms with van der Waals surface area (Å²) < 4.78 is 16.6. The molecule has 1 aromatic carbocycles. The van der Waals surface area contributed by atoms with Crippen LogP contribution in [0.1, 0.15) is 82.3 Å². The van der Waals surface area contributed by atoms with E-state index in [1.54, 1.807) is 33.7 Å². The van der Waals surface area contributed by atoms with Gasteiger partial charge in [-0.3, -0.25) is 18.9 Å². The number of anilines is 2. The molecule has 2 fully saturated rings. The number of carbonyl (C=O) groups excluding carboxylic acids is 1. The number of nitrogens with zero attached hydrogens (tertiary/aromatic N) is 5. The molecule has 5 rings (SSSR count). The molecule has 0 radical (unpaired) electrons. The van der Waals surface area contributed by atoms with Crippen molar-refractivity contribution in [1.82, 2.24) is 14.3 Å². The fraction of sp³-hybridized carbons (Fsp3) is 0.486. The molecule has 0 bridgehead atoms. The number of benzene rings is 1. The molecule has 3 aromatic rings. The number of rotatable bonds is 14. The monoisotopic (exact) mass is 649 g/mol. The van der Waals surface area contributed by atoms with Crippen LogP contribution in [0.2, 0.25) is 0 Å². The van der Waals surface area contributed by atoms with Gasteiger partial charge < -0.3 is 9.80 Å². The van der Waals surface area contributed by atoms with Crippen molar-refractivity contribution in [2.45, 2.75) is 78.1 Å². The highest BCUT2D eigenvalue weighted by molar-refractivity contribution is 8.26. The molecule has 0 saturated carbocycles. The van der Waals surface area contributed by atoms with E-state index in [4.69, 9.17) is 17.2 Å². The quantitative estimate of drug-likeness (QED) is 0.101. The summed E-state index contributed by atoms with van der Waals surface area (Å²) in [6.07, 6.45) is 15.7. The average Bonchev–Trinajstić information content (AvgIpc) is 3.31. The van der Waals surface area contributed by atoms with Gasteiger partial charge in [-0.05, 0) is 43.2 Å². The number of hydrogen-bond acceptors (Lipinski definition) is 7. The predicted octanol–water partition coefficient (Wildman–Crippen LogP) is 7.59. The van der Waals surface area contributed by atoms with Crippen LogP contribution in [0, 0.1) is 12.7 Å². The maximum Gasteiger partial charge on any atom is 0.267 e. The first kappa shape index (κ1) is 33.1. The smallest absolute Gasteiger partial charge is 0.267 e. The highest BCUT2D eigenvalue weighted by Gasteiger charge is 2.33. The van der Waals surface area contributed by atoms with Crippen LogP contribution in [-0.4, -0.2) is 57.2 Å². The van der Waals surface area contributed by atoms with Gasteiger partial charge >= 0.3 is 0 Å². The van der Waals surface area contributed by atoms with Crippen LogP contribution in [0.5, 0.6) is 0 Å². The van der Waals surface area contributed by atoms with E-state index in [2.05, 4.69) is 11.8 Å². The SMILES string of the molecule is CCCCCCCCCCCCN1C(=O)/C(=C\c2c(N3CCN(c4ccccc4F)CC3)nc3c(C)cccn3c2=O)SC1=S. The van der Waals surface area contributed by atoms with Crippen LogP contribution in [0.4, 0.5) is 15.9 Å². The Morgan fingerprint density at radius 3 is 2.22 bits per heavy atom. The minimum atomic E-state index is -0.246. The molecular weight excluding hydrogens is 606 g/mol. The number of hydrogen-bond donors (Lipinski definition) is 0. The molecule has 2 aliphatic heterocycles. The number of unbranched alkanes of at least 4 members (excludes halogenated alkanes) is 9. The molecule has 2 aromatic heterocycles. The maximum absolute atomic E-state index is 14.5. The van der Waals surface area contributed by atoms with E-state index in [0.717, 1.165) is 18.4 Å². The summed E-state index contributed by atoms with van der Waals surface area (Å²) >= 11 is 6.87. The number of thioether (sulfide) groups is 1. The van der Waals surface area contributed by atoms with Gasteiger partial charge in [-0.25, -0.2) is 9.37 Å². The third-order valence-corrected chi connectivity index (χ3v) is 10.1. The fourth-order valence-electron chi connectivity index (χ4n) is 6.12. The summed E-state index contributed by atoms with van der Waals surface area (Å²) in [7, 11) is 0. The third-order valence-electron chi connectivity index (χ3n) is 8.72. The number of piperazine rings is 1.